The second-order valence-electron chi connectivity index (χ2n) is 7.80. The van der Waals surface area contributed by atoms with Gasteiger partial charge in [-0.05, 0) is 56.0 Å². The first-order valence-electron chi connectivity index (χ1n) is 9.25. The number of fused-ring (bicyclic) bond motifs is 4. The van der Waals surface area contributed by atoms with Crippen LogP contribution in [0.3, 0.4) is 0 Å². The summed E-state index contributed by atoms with van der Waals surface area (Å²) in [5.41, 5.74) is 8.68. The van der Waals surface area contributed by atoms with E-state index in [0.717, 1.165) is 49.2 Å². The van der Waals surface area contributed by atoms with E-state index in [1.54, 1.807) is 0 Å². The number of aryl methyl sites for hydroxylation is 1. The highest BCUT2D eigenvalue weighted by atomic mass is 32.1. The highest BCUT2D eigenvalue weighted by molar-refractivity contribution is 7.19. The zero-order valence-corrected chi connectivity index (χ0v) is 15.0. The van der Waals surface area contributed by atoms with Crippen LogP contribution >= 0.6 is 11.3 Å². The Morgan fingerprint density at radius 1 is 1.25 bits per heavy atom. The van der Waals surface area contributed by atoms with E-state index in [4.69, 9.17) is 5.73 Å². The normalized spacial score (nSPS) is 29.7. The molecule has 2 fully saturated rings. The number of nitrogens with one attached hydrogen (secondary N) is 1. The van der Waals surface area contributed by atoms with Gasteiger partial charge in [0, 0.05) is 24.0 Å². The van der Waals surface area contributed by atoms with E-state index >= 15 is 0 Å². The molecule has 2 saturated heterocycles. The van der Waals surface area contributed by atoms with Crippen LogP contribution in [0.15, 0.2) is 0 Å². The van der Waals surface area contributed by atoms with Crippen molar-refractivity contribution in [3.8, 4) is 0 Å². The summed E-state index contributed by atoms with van der Waals surface area (Å²) in [6, 6.07) is 0.611. The zero-order chi connectivity index (χ0) is 16.3. The van der Waals surface area contributed by atoms with Crippen molar-refractivity contribution < 1.29 is 0 Å². The summed E-state index contributed by atoms with van der Waals surface area (Å²) in [6.07, 6.45) is 6.23. The minimum atomic E-state index is 0.430. The molecule has 24 heavy (non-hydrogen) atoms. The van der Waals surface area contributed by atoms with Crippen molar-refractivity contribution in [2.75, 3.05) is 30.3 Å². The van der Waals surface area contributed by atoms with E-state index in [0.29, 0.717) is 12.0 Å². The third-order valence-corrected chi connectivity index (χ3v) is 7.31. The van der Waals surface area contributed by atoms with Gasteiger partial charge in [0.15, 0.2) is 5.82 Å². The second kappa shape index (κ2) is 5.56. The van der Waals surface area contributed by atoms with Crippen LogP contribution in [0.5, 0.6) is 0 Å². The number of hydrogen-bond acceptors (Lipinski definition) is 6. The SMILES string of the molecule is CC1CCc2sc3c(N4C[C@H]5CCCN[C@H]5C4)nc(N)nc3c2C1. The highest BCUT2D eigenvalue weighted by Crippen LogP contribution is 2.42. The Labute approximate surface area is 146 Å². The zero-order valence-electron chi connectivity index (χ0n) is 14.2. The minimum absolute atomic E-state index is 0.430. The molecule has 3 N–H and O–H groups in total. The summed E-state index contributed by atoms with van der Waals surface area (Å²) in [4.78, 5) is 13.3. The van der Waals surface area contributed by atoms with Crippen LogP contribution in [0, 0.1) is 11.8 Å². The molecule has 128 valence electrons. The lowest BCUT2D eigenvalue weighted by atomic mass is 9.89. The van der Waals surface area contributed by atoms with E-state index in [1.807, 2.05) is 11.3 Å². The Morgan fingerprint density at radius 2 is 2.17 bits per heavy atom. The summed E-state index contributed by atoms with van der Waals surface area (Å²) < 4.78 is 1.27. The number of hydrogen-bond donors (Lipinski definition) is 2. The van der Waals surface area contributed by atoms with Gasteiger partial charge in [-0.15, -0.1) is 11.3 Å². The number of nitrogens with zero attached hydrogens (tertiary/aromatic N) is 3. The van der Waals surface area contributed by atoms with Crippen LogP contribution in [0.25, 0.3) is 10.2 Å². The maximum absolute atomic E-state index is 6.11. The van der Waals surface area contributed by atoms with Crippen molar-refractivity contribution in [3.63, 3.8) is 0 Å². The Morgan fingerprint density at radius 3 is 3.04 bits per heavy atom. The predicted molar refractivity (Wildman–Crippen MR) is 99.7 cm³/mol. The lowest BCUT2D eigenvalue weighted by molar-refractivity contribution is 0.340. The van der Waals surface area contributed by atoms with Crippen LogP contribution in [0.1, 0.15) is 36.6 Å². The third-order valence-electron chi connectivity index (χ3n) is 6.03. The van der Waals surface area contributed by atoms with Gasteiger partial charge in [0.05, 0.1) is 10.2 Å². The summed E-state index contributed by atoms with van der Waals surface area (Å²) in [6.45, 7) is 5.65. The molecule has 0 amide bonds. The minimum Gasteiger partial charge on any atom is -0.368 e. The number of nitrogen functional groups attached to an aromatic ring is 1. The maximum atomic E-state index is 6.11. The van der Waals surface area contributed by atoms with Crippen LogP contribution in [0.4, 0.5) is 11.8 Å². The number of aromatic nitrogens is 2. The molecule has 1 aliphatic carbocycles. The monoisotopic (exact) mass is 343 g/mol. The van der Waals surface area contributed by atoms with E-state index in [9.17, 15) is 0 Å². The van der Waals surface area contributed by atoms with Gasteiger partial charge >= 0.3 is 0 Å². The van der Waals surface area contributed by atoms with E-state index in [2.05, 4.69) is 27.1 Å². The van der Waals surface area contributed by atoms with Crippen molar-refractivity contribution in [2.45, 2.75) is 45.1 Å². The Bertz CT molecular complexity index is 771. The molecule has 1 unspecified atom stereocenters. The highest BCUT2D eigenvalue weighted by Gasteiger charge is 2.36. The van der Waals surface area contributed by atoms with Crippen molar-refractivity contribution >= 4 is 33.3 Å². The molecule has 0 spiro atoms. The Hall–Kier alpha value is -1.40. The van der Waals surface area contributed by atoms with E-state index in [-0.39, 0.29) is 0 Å². The van der Waals surface area contributed by atoms with Crippen LogP contribution in [-0.4, -0.2) is 35.6 Å². The second-order valence-corrected chi connectivity index (χ2v) is 8.91. The average Bonchev–Trinajstić information content (AvgIpc) is 3.15. The van der Waals surface area contributed by atoms with Crippen molar-refractivity contribution in [3.05, 3.63) is 10.4 Å². The Balaban J connectivity index is 1.59. The van der Waals surface area contributed by atoms with Gasteiger partial charge in [-0.3, -0.25) is 0 Å². The first kappa shape index (κ1) is 14.9. The molecule has 5 nitrogen and oxygen atoms in total. The molecule has 6 heteroatoms. The number of nitrogens with two attached hydrogens (primary N) is 1. The number of anilines is 2. The molecule has 4 heterocycles. The smallest absolute Gasteiger partial charge is 0.222 e. The molecule has 0 bridgehead atoms. The molecule has 3 aliphatic rings. The molecule has 5 rings (SSSR count). The van der Waals surface area contributed by atoms with Gasteiger partial charge in [0.25, 0.3) is 0 Å². The van der Waals surface area contributed by atoms with Gasteiger partial charge < -0.3 is 16.0 Å². The van der Waals surface area contributed by atoms with Crippen molar-refractivity contribution in [1.82, 2.24) is 15.3 Å². The number of thiophene rings is 1. The first-order valence-corrected chi connectivity index (χ1v) is 10.1. The standard InChI is InChI=1S/C18H25N5S/c1-10-4-5-14-12(7-10)15-16(24-14)17(22-18(19)21-15)23-8-11-3-2-6-20-13(11)9-23/h10-11,13,20H,2-9H2,1H3,(H2,19,21,22)/t10?,11-,13+/m1/s1. The van der Waals surface area contributed by atoms with Gasteiger partial charge in [-0.2, -0.15) is 4.98 Å². The number of piperidine rings is 1. The van der Waals surface area contributed by atoms with E-state index in [1.165, 1.54) is 40.8 Å². The van der Waals surface area contributed by atoms with Crippen LogP contribution in [0.2, 0.25) is 0 Å². The maximum Gasteiger partial charge on any atom is 0.222 e. The fourth-order valence-corrected chi connectivity index (χ4v) is 6.05. The average molecular weight is 344 g/mol. The molecule has 3 atom stereocenters. The van der Waals surface area contributed by atoms with Gasteiger partial charge in [-0.1, -0.05) is 6.92 Å². The van der Waals surface area contributed by atoms with Crippen LogP contribution < -0.4 is 16.0 Å². The molecule has 0 radical (unpaired) electrons. The first-order chi connectivity index (χ1) is 11.7. The molecule has 0 aromatic carbocycles. The quantitative estimate of drug-likeness (QED) is 0.833. The van der Waals surface area contributed by atoms with Crippen LogP contribution in [-0.2, 0) is 12.8 Å². The van der Waals surface area contributed by atoms with Crippen molar-refractivity contribution in [1.29, 1.82) is 0 Å². The lowest BCUT2D eigenvalue weighted by Crippen LogP contribution is -2.40. The summed E-state index contributed by atoms with van der Waals surface area (Å²) >= 11 is 1.91. The largest absolute Gasteiger partial charge is 0.368 e. The Kier molecular flexibility index (Phi) is 3.45. The molecular weight excluding hydrogens is 318 g/mol. The molecule has 0 saturated carbocycles. The summed E-state index contributed by atoms with van der Waals surface area (Å²) in [5.74, 6) is 3.01. The third kappa shape index (κ3) is 2.30. The van der Waals surface area contributed by atoms with Gasteiger partial charge in [0.2, 0.25) is 5.95 Å². The van der Waals surface area contributed by atoms with E-state index < -0.39 is 0 Å². The summed E-state index contributed by atoms with van der Waals surface area (Å²) in [5, 5.41) is 3.69. The topological polar surface area (TPSA) is 67.1 Å². The summed E-state index contributed by atoms with van der Waals surface area (Å²) in [7, 11) is 0. The number of rotatable bonds is 1. The molecule has 2 aromatic rings. The predicted octanol–water partition coefficient (Wildman–Crippen LogP) is 2.59. The van der Waals surface area contributed by atoms with Gasteiger partial charge in [-0.25, -0.2) is 4.98 Å². The molecular formula is C18H25N5S. The molecule has 2 aliphatic heterocycles. The fourth-order valence-electron chi connectivity index (χ4n) is 4.75. The lowest BCUT2D eigenvalue weighted by Gasteiger charge is -2.24. The fraction of sp³-hybridized carbons (Fsp3) is 0.667. The van der Waals surface area contributed by atoms with Crippen molar-refractivity contribution in [2.24, 2.45) is 11.8 Å². The molecule has 2 aromatic heterocycles. The van der Waals surface area contributed by atoms with Gasteiger partial charge in [0.1, 0.15) is 0 Å².